The van der Waals surface area contributed by atoms with Crippen LogP contribution in [0.15, 0.2) is 71.6 Å². The summed E-state index contributed by atoms with van der Waals surface area (Å²) in [6.45, 7) is 1.00. The number of nitrogens with one attached hydrogen (secondary N) is 1. The molecule has 3 aromatic carbocycles. The number of aryl methyl sites for hydroxylation is 1. The maximum Gasteiger partial charge on any atom is 0.243 e. The summed E-state index contributed by atoms with van der Waals surface area (Å²) in [4.78, 5) is 12.7. The molecule has 3 aromatic rings. The highest BCUT2D eigenvalue weighted by atomic mass is 35.5. The fourth-order valence-electron chi connectivity index (χ4n) is 2.84. The molecule has 0 heterocycles. The van der Waals surface area contributed by atoms with Crippen molar-refractivity contribution < 1.29 is 17.6 Å². The van der Waals surface area contributed by atoms with Gasteiger partial charge in [-0.15, -0.1) is 0 Å². The molecule has 0 saturated carbocycles. The minimum absolute atomic E-state index is 0.0109. The molecule has 1 amide bonds. The average Bonchev–Trinajstić information content (AvgIpc) is 2.72. The van der Waals surface area contributed by atoms with E-state index in [1.165, 1.54) is 42.5 Å². The van der Waals surface area contributed by atoms with E-state index >= 15 is 0 Å². The van der Waals surface area contributed by atoms with Crippen LogP contribution in [0.2, 0.25) is 10.0 Å². The van der Waals surface area contributed by atoms with Crippen molar-refractivity contribution in [2.75, 3.05) is 11.9 Å². The number of rotatable bonds is 7. The second-order valence-electron chi connectivity index (χ2n) is 6.85. The Morgan fingerprint density at radius 3 is 2.32 bits per heavy atom. The highest BCUT2D eigenvalue weighted by Gasteiger charge is 2.27. The lowest BCUT2D eigenvalue weighted by Crippen LogP contribution is -2.37. The number of carbonyl (C=O) groups is 1. The lowest BCUT2D eigenvalue weighted by atomic mass is 10.2. The molecule has 5 nitrogen and oxygen atoms in total. The van der Waals surface area contributed by atoms with Gasteiger partial charge in [0, 0.05) is 17.8 Å². The Labute approximate surface area is 190 Å². The molecular weight excluding hydrogens is 462 g/mol. The number of anilines is 1. The first-order chi connectivity index (χ1) is 14.7. The van der Waals surface area contributed by atoms with Crippen molar-refractivity contribution in [3.63, 3.8) is 0 Å². The zero-order valence-corrected chi connectivity index (χ0v) is 18.8. The number of sulfonamides is 1. The van der Waals surface area contributed by atoms with Crippen molar-refractivity contribution in [2.24, 2.45) is 0 Å². The first-order valence-electron chi connectivity index (χ1n) is 9.22. The third kappa shape index (κ3) is 5.83. The Balaban J connectivity index is 1.89. The Morgan fingerprint density at radius 2 is 1.68 bits per heavy atom. The van der Waals surface area contributed by atoms with E-state index in [9.17, 15) is 17.6 Å². The van der Waals surface area contributed by atoms with E-state index in [-0.39, 0.29) is 22.0 Å². The van der Waals surface area contributed by atoms with Crippen molar-refractivity contribution in [3.05, 3.63) is 93.7 Å². The van der Waals surface area contributed by atoms with Gasteiger partial charge in [-0.2, -0.15) is 4.31 Å². The molecule has 31 heavy (non-hydrogen) atoms. The van der Waals surface area contributed by atoms with Crippen molar-refractivity contribution in [1.29, 1.82) is 0 Å². The highest BCUT2D eigenvalue weighted by molar-refractivity contribution is 7.89. The summed E-state index contributed by atoms with van der Waals surface area (Å²) < 4.78 is 41.6. The summed E-state index contributed by atoms with van der Waals surface area (Å²) in [5.41, 5.74) is 1.40. The van der Waals surface area contributed by atoms with Gasteiger partial charge in [-0.3, -0.25) is 4.79 Å². The molecule has 0 aliphatic heterocycles. The monoisotopic (exact) mass is 480 g/mol. The SMILES string of the molecule is Cc1ccc(S(=O)(=O)N(CC(=O)Nc2ccc(Cl)c(Cl)c2)Cc2ccccc2F)cc1. The largest absolute Gasteiger partial charge is 0.325 e. The number of halogens is 3. The summed E-state index contributed by atoms with van der Waals surface area (Å²) in [6.07, 6.45) is 0. The van der Waals surface area contributed by atoms with E-state index in [1.54, 1.807) is 24.3 Å². The first kappa shape index (κ1) is 23.2. The van der Waals surface area contributed by atoms with Gasteiger partial charge in [0.2, 0.25) is 15.9 Å². The Hall–Kier alpha value is -2.45. The number of carbonyl (C=O) groups excluding carboxylic acids is 1. The minimum atomic E-state index is -4.08. The van der Waals surface area contributed by atoms with Crippen molar-refractivity contribution in [3.8, 4) is 0 Å². The molecule has 9 heteroatoms. The number of benzene rings is 3. The highest BCUT2D eigenvalue weighted by Crippen LogP contribution is 2.25. The van der Waals surface area contributed by atoms with E-state index in [4.69, 9.17) is 23.2 Å². The normalized spacial score (nSPS) is 11.5. The minimum Gasteiger partial charge on any atom is -0.325 e. The predicted molar refractivity (Wildman–Crippen MR) is 120 cm³/mol. The van der Waals surface area contributed by atoms with Crippen LogP contribution in [0.4, 0.5) is 10.1 Å². The molecule has 0 unspecified atom stereocenters. The van der Waals surface area contributed by atoms with E-state index in [1.807, 2.05) is 6.92 Å². The second-order valence-corrected chi connectivity index (χ2v) is 9.61. The molecule has 0 spiro atoms. The van der Waals surface area contributed by atoms with Gasteiger partial charge < -0.3 is 5.32 Å². The summed E-state index contributed by atoms with van der Waals surface area (Å²) in [6, 6.07) is 16.6. The maximum atomic E-state index is 14.2. The predicted octanol–water partition coefficient (Wildman–Crippen LogP) is 5.27. The standard InChI is InChI=1S/C22H19Cl2FN2O3S/c1-15-6-9-18(10-7-15)31(29,30)27(13-16-4-2-3-5-21(16)25)14-22(28)26-17-8-11-19(23)20(24)12-17/h2-12H,13-14H2,1H3,(H,26,28). The molecule has 3 rings (SSSR count). The quantitative estimate of drug-likeness (QED) is 0.500. The molecule has 0 bridgehead atoms. The first-order valence-corrected chi connectivity index (χ1v) is 11.4. The van der Waals surface area contributed by atoms with Gasteiger partial charge in [-0.05, 0) is 43.3 Å². The summed E-state index contributed by atoms with van der Waals surface area (Å²) >= 11 is 11.8. The summed E-state index contributed by atoms with van der Waals surface area (Å²) in [5.74, 6) is -1.16. The number of nitrogens with zero attached hydrogens (tertiary/aromatic N) is 1. The van der Waals surface area contributed by atoms with Crippen molar-refractivity contribution in [1.82, 2.24) is 4.31 Å². The zero-order chi connectivity index (χ0) is 22.6. The van der Waals surface area contributed by atoms with Crippen LogP contribution < -0.4 is 5.32 Å². The van der Waals surface area contributed by atoms with Crippen LogP contribution in [0.3, 0.4) is 0 Å². The molecule has 0 aliphatic carbocycles. The fraction of sp³-hybridized carbons (Fsp3) is 0.136. The van der Waals surface area contributed by atoms with Crippen molar-refractivity contribution >= 4 is 44.8 Å². The molecule has 0 aliphatic rings. The number of amides is 1. The van der Waals surface area contributed by atoms with Crippen LogP contribution in [-0.4, -0.2) is 25.2 Å². The zero-order valence-electron chi connectivity index (χ0n) is 16.5. The van der Waals surface area contributed by atoms with Crippen LogP contribution in [0.25, 0.3) is 0 Å². The van der Waals surface area contributed by atoms with Gasteiger partial charge >= 0.3 is 0 Å². The lowest BCUT2D eigenvalue weighted by Gasteiger charge is -2.22. The molecule has 0 radical (unpaired) electrons. The van der Waals surface area contributed by atoms with Gasteiger partial charge in [0.05, 0.1) is 21.5 Å². The van der Waals surface area contributed by atoms with Crippen LogP contribution in [0, 0.1) is 12.7 Å². The molecule has 0 fully saturated rings. The average molecular weight is 481 g/mol. The van der Waals surface area contributed by atoms with Gasteiger partial charge in [-0.25, -0.2) is 12.8 Å². The van der Waals surface area contributed by atoms with Gasteiger partial charge in [-0.1, -0.05) is 59.1 Å². The van der Waals surface area contributed by atoms with Crippen LogP contribution >= 0.6 is 23.2 Å². The smallest absolute Gasteiger partial charge is 0.243 e. The van der Waals surface area contributed by atoms with Crippen LogP contribution in [-0.2, 0) is 21.4 Å². The third-order valence-electron chi connectivity index (χ3n) is 4.49. The Bertz CT molecular complexity index is 1200. The van der Waals surface area contributed by atoms with Crippen LogP contribution in [0.5, 0.6) is 0 Å². The second kappa shape index (κ2) is 9.78. The number of hydrogen-bond acceptors (Lipinski definition) is 3. The van der Waals surface area contributed by atoms with Crippen LogP contribution in [0.1, 0.15) is 11.1 Å². The van der Waals surface area contributed by atoms with E-state index in [0.29, 0.717) is 10.7 Å². The molecular formula is C22H19Cl2FN2O3S. The summed E-state index contributed by atoms with van der Waals surface area (Å²) in [5, 5.41) is 3.16. The van der Waals surface area contributed by atoms with Gasteiger partial charge in [0.25, 0.3) is 0 Å². The molecule has 0 saturated heterocycles. The van der Waals surface area contributed by atoms with Gasteiger partial charge in [0.1, 0.15) is 5.82 Å². The molecule has 162 valence electrons. The van der Waals surface area contributed by atoms with Gasteiger partial charge in [0.15, 0.2) is 0 Å². The molecule has 0 atom stereocenters. The van der Waals surface area contributed by atoms with E-state index in [2.05, 4.69) is 5.32 Å². The lowest BCUT2D eigenvalue weighted by molar-refractivity contribution is -0.116. The Morgan fingerprint density at radius 1 is 1.00 bits per heavy atom. The topological polar surface area (TPSA) is 66.5 Å². The third-order valence-corrected chi connectivity index (χ3v) is 7.03. The molecule has 1 N–H and O–H groups in total. The molecule has 0 aromatic heterocycles. The van der Waals surface area contributed by atoms with Crippen molar-refractivity contribution in [2.45, 2.75) is 18.4 Å². The fourth-order valence-corrected chi connectivity index (χ4v) is 4.51. The van der Waals surface area contributed by atoms with E-state index in [0.717, 1.165) is 9.87 Å². The Kier molecular flexibility index (Phi) is 7.33. The number of hydrogen-bond donors (Lipinski definition) is 1. The maximum absolute atomic E-state index is 14.2. The van der Waals surface area contributed by atoms with E-state index < -0.39 is 28.3 Å². The summed E-state index contributed by atoms with van der Waals surface area (Å²) in [7, 11) is -4.08.